The first-order valence-electron chi connectivity index (χ1n) is 6.76. The lowest BCUT2D eigenvalue weighted by atomic mass is 10.2. The molecule has 3 rings (SSSR count). The standard InChI is InChI=1S/C17H17NO2/c1-2-20-16-6-7-17-14(11-16)8-9-18(17)12-13-4-3-5-15(19)10-13/h3-11,19H,2,12H2,1H3. The summed E-state index contributed by atoms with van der Waals surface area (Å²) in [5, 5.41) is 10.7. The van der Waals surface area contributed by atoms with Gasteiger partial charge in [0.1, 0.15) is 11.5 Å². The Bertz CT molecular complexity index is 731. The molecule has 0 atom stereocenters. The molecule has 1 aromatic heterocycles. The number of benzene rings is 2. The summed E-state index contributed by atoms with van der Waals surface area (Å²) >= 11 is 0. The maximum absolute atomic E-state index is 9.52. The van der Waals surface area contributed by atoms with Gasteiger partial charge in [0, 0.05) is 23.6 Å². The molecule has 2 aromatic carbocycles. The number of hydrogen-bond acceptors (Lipinski definition) is 2. The first-order valence-corrected chi connectivity index (χ1v) is 6.76. The van der Waals surface area contributed by atoms with E-state index < -0.39 is 0 Å². The summed E-state index contributed by atoms with van der Waals surface area (Å²) in [5.41, 5.74) is 2.24. The SMILES string of the molecule is CCOc1ccc2c(ccn2Cc2cccc(O)c2)c1. The third-order valence-electron chi connectivity index (χ3n) is 3.32. The second-order valence-corrected chi connectivity index (χ2v) is 4.77. The van der Waals surface area contributed by atoms with Crippen molar-refractivity contribution in [1.82, 2.24) is 4.57 Å². The molecule has 0 spiro atoms. The molecule has 3 nitrogen and oxygen atoms in total. The van der Waals surface area contributed by atoms with Crippen LogP contribution in [-0.4, -0.2) is 16.3 Å². The van der Waals surface area contributed by atoms with Crippen molar-refractivity contribution in [3.8, 4) is 11.5 Å². The molecule has 3 aromatic rings. The Morgan fingerprint density at radius 3 is 2.80 bits per heavy atom. The number of fused-ring (bicyclic) bond motifs is 1. The fraction of sp³-hybridized carbons (Fsp3) is 0.176. The molecule has 0 amide bonds. The van der Waals surface area contributed by atoms with Gasteiger partial charge in [-0.15, -0.1) is 0 Å². The number of nitrogens with zero attached hydrogens (tertiary/aromatic N) is 1. The Balaban J connectivity index is 1.92. The van der Waals surface area contributed by atoms with E-state index in [1.165, 1.54) is 0 Å². The van der Waals surface area contributed by atoms with E-state index in [0.717, 1.165) is 28.8 Å². The molecule has 0 unspecified atom stereocenters. The lowest BCUT2D eigenvalue weighted by molar-refractivity contribution is 0.340. The lowest BCUT2D eigenvalue weighted by Gasteiger charge is -2.07. The molecule has 0 aliphatic rings. The predicted molar refractivity (Wildman–Crippen MR) is 80.3 cm³/mol. The van der Waals surface area contributed by atoms with E-state index >= 15 is 0 Å². The van der Waals surface area contributed by atoms with Crippen molar-refractivity contribution in [2.24, 2.45) is 0 Å². The monoisotopic (exact) mass is 267 g/mol. The van der Waals surface area contributed by atoms with Crippen molar-refractivity contribution in [2.45, 2.75) is 13.5 Å². The second-order valence-electron chi connectivity index (χ2n) is 4.77. The summed E-state index contributed by atoms with van der Waals surface area (Å²) in [5.74, 6) is 1.20. The van der Waals surface area contributed by atoms with Gasteiger partial charge in [0.15, 0.2) is 0 Å². The van der Waals surface area contributed by atoms with Gasteiger partial charge in [-0.2, -0.15) is 0 Å². The summed E-state index contributed by atoms with van der Waals surface area (Å²) in [4.78, 5) is 0. The summed E-state index contributed by atoms with van der Waals surface area (Å²) in [6.07, 6.45) is 2.06. The molecule has 1 heterocycles. The number of hydrogen-bond donors (Lipinski definition) is 1. The van der Waals surface area contributed by atoms with E-state index in [0.29, 0.717) is 12.4 Å². The summed E-state index contributed by atoms with van der Waals surface area (Å²) in [6, 6.07) is 15.6. The number of phenols is 1. The highest BCUT2D eigenvalue weighted by Gasteiger charge is 2.04. The highest BCUT2D eigenvalue weighted by atomic mass is 16.5. The maximum atomic E-state index is 9.52. The zero-order chi connectivity index (χ0) is 13.9. The van der Waals surface area contributed by atoms with E-state index in [1.807, 2.05) is 25.1 Å². The summed E-state index contributed by atoms with van der Waals surface area (Å²) < 4.78 is 7.68. The first kappa shape index (κ1) is 12.6. The van der Waals surface area contributed by atoms with Crippen LogP contribution in [-0.2, 0) is 6.54 Å². The number of rotatable bonds is 4. The predicted octanol–water partition coefficient (Wildman–Crippen LogP) is 3.79. The third-order valence-corrected chi connectivity index (χ3v) is 3.32. The Kier molecular flexibility index (Phi) is 3.33. The van der Waals surface area contributed by atoms with Gasteiger partial charge in [-0.1, -0.05) is 12.1 Å². The molecule has 0 radical (unpaired) electrons. The van der Waals surface area contributed by atoms with Gasteiger partial charge in [0.25, 0.3) is 0 Å². The van der Waals surface area contributed by atoms with Crippen molar-refractivity contribution in [1.29, 1.82) is 0 Å². The maximum Gasteiger partial charge on any atom is 0.120 e. The smallest absolute Gasteiger partial charge is 0.120 e. The number of phenolic OH excluding ortho intramolecular Hbond substituents is 1. The van der Waals surface area contributed by atoms with Crippen LogP contribution in [0, 0.1) is 0 Å². The summed E-state index contributed by atoms with van der Waals surface area (Å²) in [6.45, 7) is 3.40. The minimum Gasteiger partial charge on any atom is -0.508 e. The molecular formula is C17H17NO2. The quantitative estimate of drug-likeness (QED) is 0.780. The molecule has 0 aliphatic carbocycles. The van der Waals surface area contributed by atoms with E-state index in [2.05, 4.69) is 29.0 Å². The van der Waals surface area contributed by atoms with Crippen LogP contribution in [0.4, 0.5) is 0 Å². The van der Waals surface area contributed by atoms with E-state index in [4.69, 9.17) is 4.74 Å². The van der Waals surface area contributed by atoms with Crippen LogP contribution >= 0.6 is 0 Å². The van der Waals surface area contributed by atoms with Crippen molar-refractivity contribution in [3.63, 3.8) is 0 Å². The number of aromatic nitrogens is 1. The lowest BCUT2D eigenvalue weighted by Crippen LogP contribution is -1.97. The minimum absolute atomic E-state index is 0.303. The van der Waals surface area contributed by atoms with Crippen molar-refractivity contribution < 1.29 is 9.84 Å². The van der Waals surface area contributed by atoms with Crippen LogP contribution in [0.1, 0.15) is 12.5 Å². The topological polar surface area (TPSA) is 34.4 Å². The largest absolute Gasteiger partial charge is 0.508 e. The molecule has 0 saturated heterocycles. The molecule has 0 aliphatic heterocycles. The highest BCUT2D eigenvalue weighted by molar-refractivity contribution is 5.81. The van der Waals surface area contributed by atoms with E-state index in [1.54, 1.807) is 12.1 Å². The Morgan fingerprint density at radius 1 is 1.10 bits per heavy atom. The molecule has 0 bridgehead atoms. The fourth-order valence-electron chi connectivity index (χ4n) is 2.42. The van der Waals surface area contributed by atoms with Crippen LogP contribution in [0.15, 0.2) is 54.7 Å². The van der Waals surface area contributed by atoms with Gasteiger partial charge in [-0.25, -0.2) is 0 Å². The molecule has 1 N–H and O–H groups in total. The second kappa shape index (κ2) is 5.29. The average Bonchev–Trinajstić information content (AvgIpc) is 2.82. The molecule has 0 saturated carbocycles. The summed E-state index contributed by atoms with van der Waals surface area (Å²) in [7, 11) is 0. The van der Waals surface area contributed by atoms with Gasteiger partial charge in [0.05, 0.1) is 6.61 Å². The van der Waals surface area contributed by atoms with Crippen molar-refractivity contribution in [2.75, 3.05) is 6.61 Å². The molecule has 3 heteroatoms. The van der Waals surface area contributed by atoms with Crippen LogP contribution in [0.3, 0.4) is 0 Å². The molecular weight excluding hydrogens is 250 g/mol. The fourth-order valence-corrected chi connectivity index (χ4v) is 2.42. The Hall–Kier alpha value is -2.42. The number of aromatic hydroxyl groups is 1. The number of ether oxygens (including phenoxy) is 1. The Morgan fingerprint density at radius 2 is 2.00 bits per heavy atom. The van der Waals surface area contributed by atoms with E-state index in [-0.39, 0.29) is 0 Å². The normalized spacial score (nSPS) is 10.8. The van der Waals surface area contributed by atoms with Crippen molar-refractivity contribution in [3.05, 3.63) is 60.3 Å². The van der Waals surface area contributed by atoms with Crippen LogP contribution in [0.2, 0.25) is 0 Å². The van der Waals surface area contributed by atoms with Crippen LogP contribution in [0.5, 0.6) is 11.5 Å². The van der Waals surface area contributed by atoms with Gasteiger partial charge in [-0.3, -0.25) is 0 Å². The van der Waals surface area contributed by atoms with Crippen molar-refractivity contribution >= 4 is 10.9 Å². The van der Waals surface area contributed by atoms with E-state index in [9.17, 15) is 5.11 Å². The molecule has 102 valence electrons. The zero-order valence-corrected chi connectivity index (χ0v) is 11.4. The highest BCUT2D eigenvalue weighted by Crippen LogP contribution is 2.23. The average molecular weight is 267 g/mol. The first-order chi connectivity index (χ1) is 9.76. The Labute approximate surface area is 118 Å². The van der Waals surface area contributed by atoms with Gasteiger partial charge in [0.2, 0.25) is 0 Å². The third kappa shape index (κ3) is 2.48. The van der Waals surface area contributed by atoms with Crippen LogP contribution in [0.25, 0.3) is 10.9 Å². The van der Waals surface area contributed by atoms with Gasteiger partial charge >= 0.3 is 0 Å². The molecule has 20 heavy (non-hydrogen) atoms. The van der Waals surface area contributed by atoms with Gasteiger partial charge in [-0.05, 0) is 48.9 Å². The zero-order valence-electron chi connectivity index (χ0n) is 11.4. The van der Waals surface area contributed by atoms with Gasteiger partial charge < -0.3 is 14.4 Å². The van der Waals surface area contributed by atoms with Crippen LogP contribution < -0.4 is 4.74 Å². The molecule has 0 fully saturated rings. The minimum atomic E-state index is 0.303.